The monoisotopic (exact) mass is 313 g/mol. The Hall–Kier alpha value is -1.40. The first kappa shape index (κ1) is 13.0. The molecule has 2 rings (SSSR count). The summed E-state index contributed by atoms with van der Waals surface area (Å²) < 4.78 is 5.41. The van der Waals surface area contributed by atoms with Gasteiger partial charge in [-0.15, -0.1) is 0 Å². The van der Waals surface area contributed by atoms with Crippen LogP contribution in [0.4, 0.5) is 0 Å². The normalized spacial score (nSPS) is 15.5. The van der Waals surface area contributed by atoms with Gasteiger partial charge in [0.25, 0.3) is 5.91 Å². The second-order valence-corrected chi connectivity index (χ2v) is 4.77. The van der Waals surface area contributed by atoms with E-state index in [1.807, 2.05) is 6.07 Å². The third kappa shape index (κ3) is 2.02. The molecule has 18 heavy (non-hydrogen) atoms. The fourth-order valence-electron chi connectivity index (χ4n) is 2.00. The van der Waals surface area contributed by atoms with E-state index in [9.17, 15) is 14.7 Å². The number of methoxy groups -OCH3 is 1. The molecule has 1 amide bonds. The molecule has 0 saturated carbocycles. The van der Waals surface area contributed by atoms with E-state index in [1.54, 1.807) is 12.1 Å². The van der Waals surface area contributed by atoms with Crippen molar-refractivity contribution in [1.82, 2.24) is 4.90 Å². The topological polar surface area (TPSA) is 66.8 Å². The highest BCUT2D eigenvalue weighted by Crippen LogP contribution is 2.30. The second-order valence-electron chi connectivity index (χ2n) is 3.92. The van der Waals surface area contributed by atoms with Crippen LogP contribution in [0.3, 0.4) is 0 Å². The minimum absolute atomic E-state index is 0.268. The van der Waals surface area contributed by atoms with Crippen molar-refractivity contribution in [2.24, 2.45) is 0 Å². The number of fused-ring (bicyclic) bond motifs is 1. The first-order chi connectivity index (χ1) is 8.60. The van der Waals surface area contributed by atoms with Crippen LogP contribution in [0.15, 0.2) is 22.7 Å². The van der Waals surface area contributed by atoms with Crippen molar-refractivity contribution in [2.75, 3.05) is 13.7 Å². The van der Waals surface area contributed by atoms with Gasteiger partial charge in [-0.05, 0) is 17.7 Å². The summed E-state index contributed by atoms with van der Waals surface area (Å²) in [7, 11) is 1.23. The van der Waals surface area contributed by atoms with E-state index >= 15 is 0 Å². The lowest BCUT2D eigenvalue weighted by molar-refractivity contribution is -0.147. The first-order valence-electron chi connectivity index (χ1n) is 5.37. The zero-order valence-corrected chi connectivity index (χ0v) is 11.3. The SMILES string of the molecule is COC(=O)[C@@H](CO)N1Cc2c(Br)cccc2C1=O. The van der Waals surface area contributed by atoms with Crippen molar-refractivity contribution in [3.63, 3.8) is 0 Å². The maximum absolute atomic E-state index is 12.2. The van der Waals surface area contributed by atoms with E-state index in [-0.39, 0.29) is 12.5 Å². The molecule has 6 heteroatoms. The Balaban J connectivity index is 2.33. The van der Waals surface area contributed by atoms with E-state index in [0.29, 0.717) is 5.56 Å². The number of hydrogen-bond donors (Lipinski definition) is 1. The number of esters is 1. The molecule has 1 heterocycles. The lowest BCUT2D eigenvalue weighted by Gasteiger charge is -2.23. The number of halogens is 1. The van der Waals surface area contributed by atoms with Gasteiger partial charge in [0.2, 0.25) is 0 Å². The number of carbonyl (C=O) groups excluding carboxylic acids is 2. The van der Waals surface area contributed by atoms with Crippen LogP contribution in [-0.4, -0.2) is 41.6 Å². The number of benzene rings is 1. The fraction of sp³-hybridized carbons (Fsp3) is 0.333. The van der Waals surface area contributed by atoms with Crippen LogP contribution in [0.1, 0.15) is 15.9 Å². The molecule has 1 aromatic rings. The van der Waals surface area contributed by atoms with Gasteiger partial charge in [0.1, 0.15) is 0 Å². The zero-order chi connectivity index (χ0) is 13.3. The van der Waals surface area contributed by atoms with Gasteiger partial charge in [-0.2, -0.15) is 0 Å². The van der Waals surface area contributed by atoms with E-state index in [1.165, 1.54) is 12.0 Å². The minimum Gasteiger partial charge on any atom is -0.467 e. The first-order valence-corrected chi connectivity index (χ1v) is 6.16. The molecular formula is C12H12BrNO4. The number of aliphatic hydroxyl groups is 1. The van der Waals surface area contributed by atoms with Crippen LogP contribution in [0.25, 0.3) is 0 Å². The smallest absolute Gasteiger partial charge is 0.331 e. The van der Waals surface area contributed by atoms with Crippen molar-refractivity contribution in [2.45, 2.75) is 12.6 Å². The molecule has 0 bridgehead atoms. The number of nitrogens with zero attached hydrogens (tertiary/aromatic N) is 1. The minimum atomic E-state index is -0.957. The van der Waals surface area contributed by atoms with Crippen LogP contribution < -0.4 is 0 Å². The van der Waals surface area contributed by atoms with Crippen molar-refractivity contribution in [3.8, 4) is 0 Å². The Morgan fingerprint density at radius 3 is 2.89 bits per heavy atom. The molecule has 0 unspecified atom stereocenters. The van der Waals surface area contributed by atoms with Crippen LogP contribution >= 0.6 is 15.9 Å². The van der Waals surface area contributed by atoms with Crippen LogP contribution in [0.5, 0.6) is 0 Å². The molecule has 1 aliphatic rings. The van der Waals surface area contributed by atoms with Crippen LogP contribution in [0, 0.1) is 0 Å². The number of amides is 1. The Morgan fingerprint density at radius 2 is 2.33 bits per heavy atom. The molecule has 0 aromatic heterocycles. The summed E-state index contributed by atoms with van der Waals surface area (Å²) in [5, 5.41) is 9.25. The molecule has 1 N–H and O–H groups in total. The van der Waals surface area contributed by atoms with Crippen LogP contribution in [-0.2, 0) is 16.1 Å². The highest BCUT2D eigenvalue weighted by atomic mass is 79.9. The Labute approximate surface area is 112 Å². The number of carbonyl (C=O) groups is 2. The van der Waals surface area contributed by atoms with Crippen molar-refractivity contribution in [3.05, 3.63) is 33.8 Å². The Bertz CT molecular complexity index is 503. The molecule has 0 aliphatic carbocycles. The maximum atomic E-state index is 12.2. The summed E-state index contributed by atoms with van der Waals surface area (Å²) in [6, 6.07) is 4.34. The molecule has 5 nitrogen and oxygen atoms in total. The van der Waals surface area contributed by atoms with Gasteiger partial charge in [0, 0.05) is 16.6 Å². The molecule has 1 aromatic carbocycles. The Kier molecular flexibility index (Phi) is 3.68. The van der Waals surface area contributed by atoms with Gasteiger partial charge >= 0.3 is 5.97 Å². The van der Waals surface area contributed by atoms with E-state index < -0.39 is 18.6 Å². The Morgan fingerprint density at radius 1 is 1.61 bits per heavy atom. The average molecular weight is 314 g/mol. The molecule has 96 valence electrons. The molecule has 0 saturated heterocycles. The summed E-state index contributed by atoms with van der Waals surface area (Å²) in [5.74, 6) is -0.884. The summed E-state index contributed by atoms with van der Waals surface area (Å²) >= 11 is 3.37. The quantitative estimate of drug-likeness (QED) is 0.843. The van der Waals surface area contributed by atoms with E-state index in [2.05, 4.69) is 20.7 Å². The lowest BCUT2D eigenvalue weighted by atomic mass is 10.1. The summed E-state index contributed by atoms with van der Waals surface area (Å²) in [6.45, 7) is -0.167. The van der Waals surface area contributed by atoms with Crippen LogP contribution in [0.2, 0.25) is 0 Å². The molecule has 1 aliphatic heterocycles. The van der Waals surface area contributed by atoms with Gasteiger partial charge in [-0.3, -0.25) is 4.79 Å². The molecule has 0 radical (unpaired) electrons. The van der Waals surface area contributed by atoms with Gasteiger partial charge in [-0.25, -0.2) is 4.79 Å². The number of aliphatic hydroxyl groups excluding tert-OH is 1. The number of ether oxygens (including phenoxy) is 1. The van der Waals surface area contributed by atoms with E-state index in [4.69, 9.17) is 0 Å². The van der Waals surface area contributed by atoms with Crippen molar-refractivity contribution < 1.29 is 19.4 Å². The number of rotatable bonds is 3. The fourth-order valence-corrected chi connectivity index (χ4v) is 2.50. The molecule has 0 fully saturated rings. The third-order valence-corrected chi connectivity index (χ3v) is 3.70. The van der Waals surface area contributed by atoms with E-state index in [0.717, 1.165) is 10.0 Å². The van der Waals surface area contributed by atoms with Gasteiger partial charge in [0.05, 0.1) is 13.7 Å². The summed E-state index contributed by atoms with van der Waals surface area (Å²) in [5.41, 5.74) is 1.37. The maximum Gasteiger partial charge on any atom is 0.331 e. The predicted octanol–water partition coefficient (Wildman–Crippen LogP) is 0.939. The van der Waals surface area contributed by atoms with Gasteiger partial charge < -0.3 is 14.7 Å². The average Bonchev–Trinajstić information content (AvgIpc) is 2.70. The predicted molar refractivity (Wildman–Crippen MR) is 66.9 cm³/mol. The summed E-state index contributed by atoms with van der Waals surface area (Å²) in [6.07, 6.45) is 0. The molecular weight excluding hydrogens is 302 g/mol. The third-order valence-electron chi connectivity index (χ3n) is 2.96. The second kappa shape index (κ2) is 5.07. The van der Waals surface area contributed by atoms with Gasteiger partial charge in [-0.1, -0.05) is 22.0 Å². The largest absolute Gasteiger partial charge is 0.467 e. The highest BCUT2D eigenvalue weighted by molar-refractivity contribution is 9.10. The van der Waals surface area contributed by atoms with Crippen molar-refractivity contribution in [1.29, 1.82) is 0 Å². The molecule has 1 atom stereocenters. The zero-order valence-electron chi connectivity index (χ0n) is 9.72. The van der Waals surface area contributed by atoms with Crippen molar-refractivity contribution >= 4 is 27.8 Å². The molecule has 0 spiro atoms. The number of hydrogen-bond acceptors (Lipinski definition) is 4. The van der Waals surface area contributed by atoms with Gasteiger partial charge in [0.15, 0.2) is 6.04 Å². The standard InChI is InChI=1S/C12H12BrNO4/c1-18-12(17)10(6-15)14-5-8-7(11(14)16)3-2-4-9(8)13/h2-4,10,15H,5-6H2,1H3/t10-/m1/s1. The summed E-state index contributed by atoms with van der Waals surface area (Å²) in [4.78, 5) is 25.0. The lowest BCUT2D eigenvalue weighted by Crippen LogP contribution is -2.44. The highest BCUT2D eigenvalue weighted by Gasteiger charge is 2.37.